The summed E-state index contributed by atoms with van der Waals surface area (Å²) in [6.45, 7) is 9.83. The van der Waals surface area contributed by atoms with Gasteiger partial charge in [0, 0.05) is 13.7 Å². The molecule has 0 saturated heterocycles. The Hall–Kier alpha value is -0.830. The number of carbonyl (C=O) groups is 1. The number of fused-ring (bicyclic) bond motifs is 2. The van der Waals surface area contributed by atoms with Crippen molar-refractivity contribution in [3.8, 4) is 0 Å². The van der Waals surface area contributed by atoms with Gasteiger partial charge in [0.25, 0.3) is 0 Å². The zero-order chi connectivity index (χ0) is 12.7. The Bertz CT molecular complexity index is 348. The van der Waals surface area contributed by atoms with E-state index in [0.29, 0.717) is 19.1 Å². The summed E-state index contributed by atoms with van der Waals surface area (Å²) in [6.07, 6.45) is 3.11. The van der Waals surface area contributed by atoms with E-state index in [2.05, 4.69) is 25.7 Å². The summed E-state index contributed by atoms with van der Waals surface area (Å²) in [5, 5.41) is 2.99. The van der Waals surface area contributed by atoms with Crippen LogP contribution in [0, 0.1) is 16.7 Å². The molecule has 3 nitrogen and oxygen atoms in total. The zero-order valence-corrected chi connectivity index (χ0v) is 11.1. The molecule has 2 aliphatic carbocycles. The SMILES string of the molecule is C=C1C(C)(C)[C@H]2CC[C@]1(C(=O)NCCOC)C2. The van der Waals surface area contributed by atoms with E-state index in [4.69, 9.17) is 4.74 Å². The minimum absolute atomic E-state index is 0.122. The minimum atomic E-state index is -0.290. The normalized spacial score (nSPS) is 34.1. The van der Waals surface area contributed by atoms with E-state index in [1.54, 1.807) is 7.11 Å². The van der Waals surface area contributed by atoms with E-state index in [9.17, 15) is 4.79 Å². The van der Waals surface area contributed by atoms with Crippen LogP contribution in [0.3, 0.4) is 0 Å². The first-order valence-corrected chi connectivity index (χ1v) is 6.42. The molecule has 2 saturated carbocycles. The van der Waals surface area contributed by atoms with Crippen molar-refractivity contribution in [1.82, 2.24) is 5.32 Å². The van der Waals surface area contributed by atoms with Gasteiger partial charge in [-0.3, -0.25) is 4.79 Å². The third-order valence-corrected chi connectivity index (χ3v) is 4.92. The summed E-state index contributed by atoms with van der Waals surface area (Å²) in [5.74, 6) is 0.788. The van der Waals surface area contributed by atoms with Gasteiger partial charge in [-0.15, -0.1) is 0 Å². The molecule has 3 heteroatoms. The van der Waals surface area contributed by atoms with Crippen LogP contribution < -0.4 is 5.32 Å². The Kier molecular flexibility index (Phi) is 3.06. The van der Waals surface area contributed by atoms with Gasteiger partial charge in [-0.05, 0) is 30.6 Å². The first kappa shape index (κ1) is 12.6. The molecule has 96 valence electrons. The fourth-order valence-corrected chi connectivity index (χ4v) is 3.58. The van der Waals surface area contributed by atoms with Crippen LogP contribution in [0.4, 0.5) is 0 Å². The summed E-state index contributed by atoms with van der Waals surface area (Å²) in [4.78, 5) is 12.4. The van der Waals surface area contributed by atoms with Gasteiger partial charge in [0.15, 0.2) is 0 Å². The number of methoxy groups -OCH3 is 1. The number of hydrogen-bond acceptors (Lipinski definition) is 2. The highest BCUT2D eigenvalue weighted by atomic mass is 16.5. The molecule has 2 fully saturated rings. The molecule has 0 aromatic carbocycles. The molecule has 0 heterocycles. The largest absolute Gasteiger partial charge is 0.383 e. The van der Waals surface area contributed by atoms with Gasteiger partial charge in [-0.25, -0.2) is 0 Å². The molecule has 0 aliphatic heterocycles. The van der Waals surface area contributed by atoms with Crippen LogP contribution in [0.5, 0.6) is 0 Å². The molecule has 2 rings (SSSR count). The average Bonchev–Trinajstić information content (AvgIpc) is 2.80. The molecule has 2 aliphatic rings. The molecule has 0 radical (unpaired) electrons. The third-order valence-electron chi connectivity index (χ3n) is 4.92. The number of amides is 1. The van der Waals surface area contributed by atoms with Gasteiger partial charge in [-0.2, -0.15) is 0 Å². The van der Waals surface area contributed by atoms with Gasteiger partial charge in [0.05, 0.1) is 12.0 Å². The molecule has 1 amide bonds. The predicted molar refractivity (Wildman–Crippen MR) is 67.6 cm³/mol. The van der Waals surface area contributed by atoms with Crippen molar-refractivity contribution in [3.05, 3.63) is 12.2 Å². The summed E-state index contributed by atoms with van der Waals surface area (Å²) in [7, 11) is 1.65. The van der Waals surface area contributed by atoms with E-state index in [1.165, 1.54) is 0 Å². The fraction of sp³-hybridized carbons (Fsp3) is 0.786. The lowest BCUT2D eigenvalue weighted by Gasteiger charge is -2.37. The van der Waals surface area contributed by atoms with Crippen LogP contribution in [0.1, 0.15) is 33.1 Å². The van der Waals surface area contributed by atoms with Crippen molar-refractivity contribution in [3.63, 3.8) is 0 Å². The van der Waals surface area contributed by atoms with Crippen molar-refractivity contribution in [2.75, 3.05) is 20.3 Å². The maximum atomic E-state index is 12.4. The second-order valence-electron chi connectivity index (χ2n) is 5.97. The monoisotopic (exact) mass is 237 g/mol. The van der Waals surface area contributed by atoms with E-state index in [-0.39, 0.29) is 16.7 Å². The number of hydrogen-bond donors (Lipinski definition) is 1. The quantitative estimate of drug-likeness (QED) is 0.601. The lowest BCUT2D eigenvalue weighted by molar-refractivity contribution is -0.128. The highest BCUT2D eigenvalue weighted by Crippen LogP contribution is 2.65. The number of ether oxygens (including phenoxy) is 1. The van der Waals surface area contributed by atoms with Crippen molar-refractivity contribution >= 4 is 5.91 Å². The topological polar surface area (TPSA) is 38.3 Å². The minimum Gasteiger partial charge on any atom is -0.383 e. The maximum absolute atomic E-state index is 12.4. The summed E-state index contributed by atoms with van der Waals surface area (Å²) < 4.78 is 4.96. The van der Waals surface area contributed by atoms with Gasteiger partial charge < -0.3 is 10.1 Å². The highest BCUT2D eigenvalue weighted by Gasteiger charge is 2.60. The second kappa shape index (κ2) is 4.13. The van der Waals surface area contributed by atoms with Crippen LogP contribution in [-0.2, 0) is 9.53 Å². The Labute approximate surface area is 104 Å². The smallest absolute Gasteiger partial charge is 0.230 e. The van der Waals surface area contributed by atoms with Crippen LogP contribution in [0.15, 0.2) is 12.2 Å². The Morgan fingerprint density at radius 2 is 2.29 bits per heavy atom. The fourth-order valence-electron chi connectivity index (χ4n) is 3.58. The number of nitrogens with one attached hydrogen (secondary N) is 1. The van der Waals surface area contributed by atoms with E-state index in [1.807, 2.05) is 0 Å². The first-order chi connectivity index (χ1) is 7.95. The lowest BCUT2D eigenvalue weighted by Crippen LogP contribution is -2.42. The molecule has 0 aromatic rings. The molecule has 2 bridgehead atoms. The van der Waals surface area contributed by atoms with Gasteiger partial charge in [-0.1, -0.05) is 26.0 Å². The molecule has 17 heavy (non-hydrogen) atoms. The molecule has 2 atom stereocenters. The van der Waals surface area contributed by atoms with Gasteiger partial charge in [0.2, 0.25) is 5.91 Å². The standard InChI is InChI=1S/C14H23NO2/c1-10-13(2,3)11-5-6-14(10,9-11)12(16)15-7-8-17-4/h11H,1,5-9H2,2-4H3,(H,15,16)/t11-,14-/m0/s1. The number of carbonyl (C=O) groups excluding carboxylic acids is 1. The van der Waals surface area contributed by atoms with Crippen molar-refractivity contribution in [1.29, 1.82) is 0 Å². The van der Waals surface area contributed by atoms with Crippen molar-refractivity contribution in [2.24, 2.45) is 16.7 Å². The van der Waals surface area contributed by atoms with Crippen molar-refractivity contribution < 1.29 is 9.53 Å². The molecule has 0 spiro atoms. The Morgan fingerprint density at radius 1 is 1.59 bits per heavy atom. The van der Waals surface area contributed by atoms with Crippen LogP contribution in [0.25, 0.3) is 0 Å². The third kappa shape index (κ3) is 1.71. The zero-order valence-electron chi connectivity index (χ0n) is 11.1. The summed E-state index contributed by atoms with van der Waals surface area (Å²) in [6, 6.07) is 0. The summed E-state index contributed by atoms with van der Waals surface area (Å²) in [5.41, 5.74) is 0.967. The molecule has 0 unspecified atom stereocenters. The Balaban J connectivity index is 2.10. The molecule has 0 aromatic heterocycles. The second-order valence-corrected chi connectivity index (χ2v) is 5.97. The first-order valence-electron chi connectivity index (χ1n) is 6.42. The van der Waals surface area contributed by atoms with Crippen molar-refractivity contribution in [2.45, 2.75) is 33.1 Å². The highest BCUT2D eigenvalue weighted by molar-refractivity contribution is 5.87. The van der Waals surface area contributed by atoms with Gasteiger partial charge >= 0.3 is 0 Å². The van der Waals surface area contributed by atoms with E-state index < -0.39 is 0 Å². The maximum Gasteiger partial charge on any atom is 0.230 e. The van der Waals surface area contributed by atoms with E-state index >= 15 is 0 Å². The lowest BCUT2D eigenvalue weighted by atomic mass is 9.68. The molecular formula is C14H23NO2. The Morgan fingerprint density at radius 3 is 2.82 bits per heavy atom. The summed E-state index contributed by atoms with van der Waals surface area (Å²) >= 11 is 0. The molecular weight excluding hydrogens is 214 g/mol. The average molecular weight is 237 g/mol. The number of rotatable bonds is 4. The predicted octanol–water partition coefficient (Wildman–Crippen LogP) is 2.13. The van der Waals surface area contributed by atoms with Crippen LogP contribution in [-0.4, -0.2) is 26.2 Å². The van der Waals surface area contributed by atoms with E-state index in [0.717, 1.165) is 24.8 Å². The van der Waals surface area contributed by atoms with Crippen LogP contribution >= 0.6 is 0 Å². The molecule has 1 N–H and O–H groups in total. The van der Waals surface area contributed by atoms with Gasteiger partial charge in [0.1, 0.15) is 0 Å². The van der Waals surface area contributed by atoms with Crippen LogP contribution in [0.2, 0.25) is 0 Å².